The largest absolute Gasteiger partial charge is 0.345 e. The van der Waals surface area contributed by atoms with Gasteiger partial charge in [0.05, 0.1) is 29.3 Å². The van der Waals surface area contributed by atoms with Crippen molar-refractivity contribution in [2.45, 2.75) is 37.6 Å². The molecule has 0 unspecified atom stereocenters. The first-order valence-electron chi connectivity index (χ1n) is 9.87. The average molecular weight is 379 g/mol. The van der Waals surface area contributed by atoms with Crippen molar-refractivity contribution >= 4 is 22.6 Å². The maximum absolute atomic E-state index is 15.1. The number of nitrogens with one attached hydrogen (secondary N) is 1. The molecule has 3 aliphatic rings. The molecular weight excluding hydrogens is 360 g/mol. The molecule has 4 nitrogen and oxygen atoms in total. The van der Waals surface area contributed by atoms with Gasteiger partial charge in [0, 0.05) is 11.3 Å². The van der Waals surface area contributed by atoms with E-state index in [1.165, 1.54) is 12.1 Å². The first-order chi connectivity index (χ1) is 13.6. The van der Waals surface area contributed by atoms with E-state index >= 15 is 8.78 Å². The summed E-state index contributed by atoms with van der Waals surface area (Å²) in [5, 5.41) is 0. The van der Waals surface area contributed by atoms with Crippen LogP contribution in [0, 0.1) is 23.5 Å². The van der Waals surface area contributed by atoms with Crippen LogP contribution in [0.1, 0.15) is 48.8 Å². The number of hydrogen-bond acceptors (Lipinski definition) is 2. The first kappa shape index (κ1) is 16.2. The summed E-state index contributed by atoms with van der Waals surface area (Å²) in [6, 6.07) is 7.80. The highest BCUT2D eigenvalue weighted by Crippen LogP contribution is 2.55. The lowest BCUT2D eigenvalue weighted by Gasteiger charge is -2.48. The Morgan fingerprint density at radius 3 is 2.46 bits per heavy atom. The predicted molar refractivity (Wildman–Crippen MR) is 101 cm³/mol. The number of imidazole rings is 1. The number of fused-ring (bicyclic) bond motifs is 1. The Bertz CT molecular complexity index is 1090. The molecule has 1 amide bonds. The molecule has 0 bridgehead atoms. The molecule has 6 heteroatoms. The molecule has 1 saturated heterocycles. The van der Waals surface area contributed by atoms with Crippen LogP contribution in [0.5, 0.6) is 0 Å². The summed E-state index contributed by atoms with van der Waals surface area (Å²) in [6.45, 7) is 0. The lowest BCUT2D eigenvalue weighted by molar-refractivity contribution is -0.131. The van der Waals surface area contributed by atoms with Crippen LogP contribution in [-0.2, 0) is 4.79 Å². The van der Waals surface area contributed by atoms with Crippen molar-refractivity contribution in [3.8, 4) is 0 Å². The standard InChI is InChI=1S/C22H19F2N3O/c23-15-7-13(11-1-2-11)8-16(24)20(15)21-19(12-3-4-12)22(28)27(21)14-5-6-17-18(9-14)26-10-25-17/h5-12,19,21H,1-4H2,(H,25,26)/t19-,21-/m0/s1. The van der Waals surface area contributed by atoms with Gasteiger partial charge in [-0.1, -0.05) is 0 Å². The normalized spacial score (nSPS) is 24.6. The Hall–Kier alpha value is -2.76. The molecular formula is C22H19F2N3O. The summed E-state index contributed by atoms with van der Waals surface area (Å²) in [4.78, 5) is 21.8. The van der Waals surface area contributed by atoms with Crippen LogP contribution in [0.4, 0.5) is 14.5 Å². The molecule has 2 aromatic carbocycles. The number of carbonyl (C=O) groups excluding carboxylic acids is 1. The van der Waals surface area contributed by atoms with E-state index in [2.05, 4.69) is 9.97 Å². The molecule has 28 heavy (non-hydrogen) atoms. The fourth-order valence-electron chi connectivity index (χ4n) is 4.63. The molecule has 2 saturated carbocycles. The van der Waals surface area contributed by atoms with Crippen molar-refractivity contribution in [1.82, 2.24) is 9.97 Å². The Labute approximate surface area is 160 Å². The quantitative estimate of drug-likeness (QED) is 0.660. The molecule has 142 valence electrons. The number of carbonyl (C=O) groups is 1. The molecule has 1 aliphatic heterocycles. The average Bonchev–Trinajstić information content (AvgIpc) is 3.59. The molecule has 3 fully saturated rings. The molecule has 6 rings (SSSR count). The number of amides is 1. The number of aromatic nitrogens is 2. The molecule has 0 spiro atoms. The molecule has 0 radical (unpaired) electrons. The number of anilines is 1. The highest BCUT2D eigenvalue weighted by molar-refractivity contribution is 6.04. The van der Waals surface area contributed by atoms with Gasteiger partial charge in [-0.3, -0.25) is 4.79 Å². The number of β-lactam (4-membered cyclic amide) rings is 1. The van der Waals surface area contributed by atoms with Gasteiger partial charge >= 0.3 is 0 Å². The van der Waals surface area contributed by atoms with Gasteiger partial charge in [0.15, 0.2) is 0 Å². The van der Waals surface area contributed by atoms with Gasteiger partial charge in [-0.2, -0.15) is 0 Å². The Balaban J connectivity index is 1.45. The maximum atomic E-state index is 15.1. The minimum absolute atomic E-state index is 0.0306. The number of halogens is 2. The van der Waals surface area contributed by atoms with Gasteiger partial charge in [0.1, 0.15) is 11.6 Å². The Kier molecular flexibility index (Phi) is 3.26. The Morgan fingerprint density at radius 1 is 1.04 bits per heavy atom. The van der Waals surface area contributed by atoms with E-state index in [1.54, 1.807) is 17.3 Å². The Morgan fingerprint density at radius 2 is 1.79 bits per heavy atom. The van der Waals surface area contributed by atoms with Crippen LogP contribution in [0.2, 0.25) is 0 Å². The highest BCUT2D eigenvalue weighted by Gasteiger charge is 2.56. The summed E-state index contributed by atoms with van der Waals surface area (Å²) >= 11 is 0. The monoisotopic (exact) mass is 379 g/mol. The second kappa shape index (κ2) is 5.63. The van der Waals surface area contributed by atoms with E-state index in [1.807, 2.05) is 12.1 Å². The third-order valence-electron chi connectivity index (χ3n) is 6.40. The van der Waals surface area contributed by atoms with Crippen LogP contribution in [0.3, 0.4) is 0 Å². The van der Waals surface area contributed by atoms with Gasteiger partial charge in [0.2, 0.25) is 5.91 Å². The van der Waals surface area contributed by atoms with Gasteiger partial charge in [-0.15, -0.1) is 0 Å². The minimum atomic E-state index is -0.593. The smallest absolute Gasteiger partial charge is 0.233 e. The lowest BCUT2D eigenvalue weighted by atomic mass is 9.78. The van der Waals surface area contributed by atoms with E-state index in [4.69, 9.17) is 0 Å². The van der Waals surface area contributed by atoms with Crippen LogP contribution in [-0.4, -0.2) is 15.9 Å². The van der Waals surface area contributed by atoms with Crippen molar-refractivity contribution in [1.29, 1.82) is 0 Å². The highest BCUT2D eigenvalue weighted by atomic mass is 19.1. The zero-order valence-electron chi connectivity index (χ0n) is 15.2. The fourth-order valence-corrected chi connectivity index (χ4v) is 4.63. The third kappa shape index (κ3) is 2.33. The van der Waals surface area contributed by atoms with E-state index in [-0.39, 0.29) is 29.2 Å². The summed E-state index contributed by atoms with van der Waals surface area (Å²) in [6.07, 6.45) is 5.46. The molecule has 2 aliphatic carbocycles. The first-order valence-corrected chi connectivity index (χ1v) is 9.87. The molecule has 2 atom stereocenters. The maximum Gasteiger partial charge on any atom is 0.233 e. The molecule has 2 heterocycles. The number of aromatic amines is 1. The van der Waals surface area contributed by atoms with Crippen molar-refractivity contribution in [3.63, 3.8) is 0 Å². The second-order valence-corrected chi connectivity index (χ2v) is 8.29. The molecule has 1 N–H and O–H groups in total. The third-order valence-corrected chi connectivity index (χ3v) is 6.40. The van der Waals surface area contributed by atoms with Crippen LogP contribution < -0.4 is 4.90 Å². The van der Waals surface area contributed by atoms with E-state index in [0.29, 0.717) is 5.69 Å². The minimum Gasteiger partial charge on any atom is -0.345 e. The predicted octanol–water partition coefficient (Wildman–Crippen LogP) is 4.83. The second-order valence-electron chi connectivity index (χ2n) is 8.29. The molecule has 3 aromatic rings. The van der Waals surface area contributed by atoms with E-state index in [0.717, 1.165) is 42.3 Å². The topological polar surface area (TPSA) is 49.0 Å². The van der Waals surface area contributed by atoms with Crippen LogP contribution in [0.25, 0.3) is 11.0 Å². The van der Waals surface area contributed by atoms with Crippen molar-refractivity contribution in [3.05, 3.63) is 59.4 Å². The zero-order valence-corrected chi connectivity index (χ0v) is 15.2. The SMILES string of the molecule is O=C1[C@@H](C2CC2)[C@@H](c2c(F)cc(C3CC3)cc2F)N1c1ccc2[nH]cnc2c1. The number of H-pyrrole nitrogens is 1. The van der Waals surface area contributed by atoms with Gasteiger partial charge in [-0.05, 0) is 73.4 Å². The van der Waals surface area contributed by atoms with Crippen LogP contribution >= 0.6 is 0 Å². The number of hydrogen-bond donors (Lipinski definition) is 1. The summed E-state index contributed by atoms with van der Waals surface area (Å²) in [5.74, 6) is -0.951. The van der Waals surface area contributed by atoms with Gasteiger partial charge in [-0.25, -0.2) is 13.8 Å². The number of nitrogens with zero attached hydrogens (tertiary/aromatic N) is 2. The van der Waals surface area contributed by atoms with E-state index < -0.39 is 17.7 Å². The van der Waals surface area contributed by atoms with Crippen molar-refractivity contribution in [2.24, 2.45) is 11.8 Å². The zero-order chi connectivity index (χ0) is 19.0. The van der Waals surface area contributed by atoms with Crippen LogP contribution in [0.15, 0.2) is 36.7 Å². The number of rotatable bonds is 4. The van der Waals surface area contributed by atoms with Crippen molar-refractivity contribution in [2.75, 3.05) is 4.90 Å². The van der Waals surface area contributed by atoms with Gasteiger partial charge < -0.3 is 9.88 Å². The summed E-state index contributed by atoms with van der Waals surface area (Å²) in [5.41, 5.74) is 2.98. The van der Waals surface area contributed by atoms with Gasteiger partial charge in [0.25, 0.3) is 0 Å². The summed E-state index contributed by atoms with van der Waals surface area (Å²) in [7, 11) is 0. The molecule has 1 aromatic heterocycles. The lowest BCUT2D eigenvalue weighted by Crippen LogP contribution is -2.56. The van der Waals surface area contributed by atoms with E-state index in [9.17, 15) is 4.79 Å². The van der Waals surface area contributed by atoms with Crippen molar-refractivity contribution < 1.29 is 13.6 Å². The number of benzene rings is 2. The summed E-state index contributed by atoms with van der Waals surface area (Å²) < 4.78 is 30.1. The fraction of sp³-hybridized carbons (Fsp3) is 0.364.